The molecule has 264 valence electrons. The Morgan fingerprint density at radius 1 is 1.31 bits per heavy atom. The molecule has 2 aromatic heterocycles. The van der Waals surface area contributed by atoms with Gasteiger partial charge < -0.3 is 30.5 Å². The molecule has 0 aliphatic carbocycles. The average Bonchev–Trinajstić information content (AvgIpc) is 3.71. The maximum Gasteiger partial charge on any atom is 0.316 e. The number of carbonyl (C=O) groups excluding carboxylic acids is 2. The van der Waals surface area contributed by atoms with Crippen molar-refractivity contribution < 1.29 is 28.6 Å². The van der Waals surface area contributed by atoms with Crippen molar-refractivity contribution in [1.29, 1.82) is 0 Å². The van der Waals surface area contributed by atoms with E-state index >= 15 is 0 Å². The number of terminal acetylenes is 1. The van der Waals surface area contributed by atoms with Gasteiger partial charge in [0.1, 0.15) is 23.4 Å². The Morgan fingerprint density at radius 2 is 2.02 bits per heavy atom. The van der Waals surface area contributed by atoms with Gasteiger partial charge in [-0.3, -0.25) is 18.7 Å². The summed E-state index contributed by atoms with van der Waals surface area (Å²) >= 11 is 1.08. The Kier molecular flexibility index (Phi) is 13.9. The normalized spacial score (nSPS) is 32.5. The number of aliphatic hydroxyl groups is 1. The summed E-state index contributed by atoms with van der Waals surface area (Å²) in [5.74, 6) is -3.50. The van der Waals surface area contributed by atoms with Gasteiger partial charge in [-0.25, -0.2) is 0 Å². The zero-order valence-electron chi connectivity index (χ0n) is 29.1. The molecule has 3 heterocycles. The highest BCUT2D eigenvalue weighted by molar-refractivity contribution is 7.09. The third kappa shape index (κ3) is 9.31. The minimum atomic E-state index is -1.82. The van der Waals surface area contributed by atoms with E-state index in [1.807, 2.05) is 20.8 Å². The molecule has 0 amide bonds. The number of hydrogen-bond donors (Lipinski definition) is 3. The number of alkyl halides is 1. The predicted octanol–water partition coefficient (Wildman–Crippen LogP) is 2.66. The van der Waals surface area contributed by atoms with E-state index in [0.29, 0.717) is 55.5 Å². The number of anilines is 1. The number of nitrogen functional groups attached to an aromatic ring is 1. The molecule has 13 nitrogen and oxygen atoms in total. The molecule has 48 heavy (non-hydrogen) atoms. The van der Waals surface area contributed by atoms with Crippen molar-refractivity contribution in [3.63, 3.8) is 0 Å². The van der Waals surface area contributed by atoms with Crippen LogP contribution in [0.2, 0.25) is 5.82 Å². The first-order valence-electron chi connectivity index (χ1n) is 16.4. The number of carbonyl (C=O) groups is 2. The van der Waals surface area contributed by atoms with Crippen LogP contribution in [0.25, 0.3) is 11.5 Å². The SMILES string of the molecule is [B][C@@H]1[C@@H](C)C(=O)[C@@H](C)C(=O)O[C@H](CCF)[C@@](C)(O)[C@H](N(C#C)CCCCn2cc(-c3nsc(N)n3)nn2)[C@@H](C)NC[C@H](C)C[C@@]1(C)OC. The summed E-state index contributed by atoms with van der Waals surface area (Å²) in [6.45, 7) is 10.9. The molecule has 1 aliphatic rings. The predicted molar refractivity (Wildman–Crippen MR) is 182 cm³/mol. The second-order valence-corrected chi connectivity index (χ2v) is 14.2. The minimum absolute atomic E-state index is 0.0289. The molecule has 1 aliphatic heterocycles. The van der Waals surface area contributed by atoms with Gasteiger partial charge >= 0.3 is 5.97 Å². The lowest BCUT2D eigenvalue weighted by atomic mass is 9.62. The van der Waals surface area contributed by atoms with Gasteiger partial charge in [0.2, 0.25) is 0 Å². The van der Waals surface area contributed by atoms with Crippen LogP contribution in [0.3, 0.4) is 0 Å². The van der Waals surface area contributed by atoms with Crippen molar-refractivity contribution >= 4 is 36.3 Å². The fourth-order valence-electron chi connectivity index (χ4n) is 6.62. The summed E-state index contributed by atoms with van der Waals surface area (Å²) in [4.78, 5) is 32.7. The molecule has 0 aromatic carbocycles. The maximum atomic E-state index is 14.0. The third-order valence-corrected chi connectivity index (χ3v) is 10.1. The molecule has 1 saturated heterocycles. The van der Waals surface area contributed by atoms with Crippen LogP contribution in [-0.2, 0) is 25.6 Å². The van der Waals surface area contributed by atoms with Crippen molar-refractivity contribution in [1.82, 2.24) is 34.6 Å². The van der Waals surface area contributed by atoms with Gasteiger partial charge in [-0.1, -0.05) is 25.5 Å². The molecule has 1 fully saturated rings. The molecule has 9 atom stereocenters. The van der Waals surface area contributed by atoms with Crippen LogP contribution in [0.4, 0.5) is 9.52 Å². The topological polar surface area (TPSA) is 171 Å². The highest BCUT2D eigenvalue weighted by atomic mass is 32.1. The van der Waals surface area contributed by atoms with Crippen LogP contribution in [-0.4, -0.2) is 110 Å². The fourth-order valence-corrected chi connectivity index (χ4v) is 7.06. The number of halogens is 1. The van der Waals surface area contributed by atoms with E-state index < -0.39 is 65.5 Å². The van der Waals surface area contributed by atoms with Crippen LogP contribution in [0.15, 0.2) is 6.20 Å². The van der Waals surface area contributed by atoms with Crippen molar-refractivity contribution in [2.24, 2.45) is 17.8 Å². The summed E-state index contributed by atoms with van der Waals surface area (Å²) < 4.78 is 31.4. The number of Topliss-reactive ketones (excluding diaryl/α,β-unsaturated/α-hetero) is 1. The highest BCUT2D eigenvalue weighted by Gasteiger charge is 2.48. The van der Waals surface area contributed by atoms with Gasteiger partial charge in [-0.15, -0.1) is 5.10 Å². The number of aryl methyl sites for hydroxylation is 1. The minimum Gasteiger partial charge on any atom is -0.459 e. The first kappa shape index (κ1) is 39.3. The van der Waals surface area contributed by atoms with Crippen LogP contribution >= 0.6 is 11.5 Å². The molecule has 2 aromatic rings. The zero-order valence-corrected chi connectivity index (χ0v) is 29.9. The molecule has 4 N–H and O–H groups in total. The number of aromatic nitrogens is 5. The van der Waals surface area contributed by atoms with Gasteiger partial charge in [0.25, 0.3) is 0 Å². The van der Waals surface area contributed by atoms with E-state index in [0.717, 1.165) is 11.5 Å². The number of nitrogens with zero attached hydrogens (tertiary/aromatic N) is 6. The lowest BCUT2D eigenvalue weighted by Crippen LogP contribution is -2.64. The summed E-state index contributed by atoms with van der Waals surface area (Å²) in [6, 6.07) is 1.45. The van der Waals surface area contributed by atoms with E-state index in [1.54, 1.807) is 29.8 Å². The van der Waals surface area contributed by atoms with Gasteiger partial charge in [0.15, 0.2) is 16.6 Å². The molecular formula is C32H50BFN8O5S. The molecule has 3 rings (SSSR count). The molecule has 0 saturated carbocycles. The van der Waals surface area contributed by atoms with E-state index in [9.17, 15) is 19.1 Å². The van der Waals surface area contributed by atoms with Crippen LogP contribution in [0.1, 0.15) is 67.2 Å². The number of cyclic esters (lactones) is 1. The number of nitrogens with one attached hydrogen (secondary N) is 1. The number of methoxy groups -OCH3 is 1. The molecule has 0 unspecified atom stereocenters. The van der Waals surface area contributed by atoms with Gasteiger partial charge in [0.05, 0.1) is 32.4 Å². The van der Waals surface area contributed by atoms with Gasteiger partial charge in [0, 0.05) is 56.2 Å². The monoisotopic (exact) mass is 688 g/mol. The van der Waals surface area contributed by atoms with Crippen molar-refractivity contribution in [3.8, 4) is 24.0 Å². The van der Waals surface area contributed by atoms with Crippen LogP contribution < -0.4 is 11.1 Å². The van der Waals surface area contributed by atoms with E-state index in [4.69, 9.17) is 29.5 Å². The fraction of sp³-hybridized carbons (Fsp3) is 0.750. The van der Waals surface area contributed by atoms with Crippen LogP contribution in [0.5, 0.6) is 0 Å². The number of nitrogens with two attached hydrogens (primary N) is 1. The Labute approximate surface area is 288 Å². The second kappa shape index (κ2) is 17.0. The number of hydrogen-bond acceptors (Lipinski definition) is 13. The first-order chi connectivity index (χ1) is 22.6. The number of ketones is 1. The number of esters is 1. The smallest absolute Gasteiger partial charge is 0.316 e. The largest absolute Gasteiger partial charge is 0.459 e. The van der Waals surface area contributed by atoms with Crippen molar-refractivity contribution in [2.45, 2.75) is 109 Å². The summed E-state index contributed by atoms with van der Waals surface area (Å²) in [5.41, 5.74) is 3.50. The summed E-state index contributed by atoms with van der Waals surface area (Å²) in [6.07, 6.45) is 8.00. The summed E-state index contributed by atoms with van der Waals surface area (Å²) in [7, 11) is 8.16. The molecule has 0 spiro atoms. The van der Waals surface area contributed by atoms with E-state index in [-0.39, 0.29) is 12.3 Å². The van der Waals surface area contributed by atoms with Gasteiger partial charge in [-0.05, 0) is 65.2 Å². The van der Waals surface area contributed by atoms with Crippen molar-refractivity contribution in [2.75, 3.05) is 32.6 Å². The lowest BCUT2D eigenvalue weighted by molar-refractivity contribution is -0.179. The Bertz CT molecular complexity index is 1400. The number of ether oxygens (including phenoxy) is 2. The van der Waals surface area contributed by atoms with Crippen LogP contribution in [0, 0.1) is 30.2 Å². The third-order valence-electron chi connectivity index (χ3n) is 9.58. The number of rotatable bonds is 10. The highest BCUT2D eigenvalue weighted by Crippen LogP contribution is 2.38. The molecular weight excluding hydrogens is 638 g/mol. The van der Waals surface area contributed by atoms with Crippen molar-refractivity contribution in [3.05, 3.63) is 6.20 Å². The standard InChI is InChI=1S/C32H50BFN8O5S/c1-9-41(14-10-11-15-42-18-23(38-40-42)28-37-30(35)48-39-28)27-22(5)36-17-19(2)16-31(6,46-8)26(33)20(3)25(43)21(4)29(44)47-24(12-13-34)32(27,7)45/h1,18-22,24,26-27,36,45H,10-17H2,2-8H3,(H2,35,37,39)/t19-,20+,21-,22-,24-,26-,27-,31-,32-/m1/s1. The molecule has 0 bridgehead atoms. The Balaban J connectivity index is 1.86. The molecule has 2 radical (unpaired) electrons. The quantitative estimate of drug-likeness (QED) is 0.0834. The van der Waals surface area contributed by atoms with E-state index in [2.05, 4.69) is 31.0 Å². The summed E-state index contributed by atoms with van der Waals surface area (Å²) in [5, 5.41) is 24.3. The average molecular weight is 689 g/mol. The van der Waals surface area contributed by atoms with Gasteiger partial charge in [-0.2, -0.15) is 9.36 Å². The second-order valence-electron chi connectivity index (χ2n) is 13.4. The Morgan fingerprint density at radius 3 is 2.62 bits per heavy atom. The maximum absolute atomic E-state index is 14.0. The lowest BCUT2D eigenvalue weighted by Gasteiger charge is -2.46. The molecule has 16 heteroatoms. The zero-order chi connectivity index (χ0) is 35.8. The first-order valence-corrected chi connectivity index (χ1v) is 17.2. The Hall–Kier alpha value is -3.13. The van der Waals surface area contributed by atoms with E-state index in [1.165, 1.54) is 13.8 Å². The number of unbranched alkanes of at least 4 members (excludes halogenated alkanes) is 1.